The van der Waals surface area contributed by atoms with Crippen molar-refractivity contribution in [1.82, 2.24) is 0 Å². The monoisotopic (exact) mass is 262 g/mol. The van der Waals surface area contributed by atoms with Crippen LogP contribution in [0.4, 0.5) is 0 Å². The van der Waals surface area contributed by atoms with Crippen molar-refractivity contribution in [3.8, 4) is 5.75 Å². The molecule has 0 aromatic heterocycles. The van der Waals surface area contributed by atoms with E-state index in [1.54, 1.807) is 4.99 Å². The van der Waals surface area contributed by atoms with Crippen molar-refractivity contribution in [1.29, 1.82) is 0 Å². The number of rotatable bonds is 3. The maximum atomic E-state index is 5.54. The summed E-state index contributed by atoms with van der Waals surface area (Å²) in [7, 11) is 0. The third-order valence-corrected chi connectivity index (χ3v) is 2.53. The van der Waals surface area contributed by atoms with E-state index >= 15 is 0 Å². The Morgan fingerprint density at radius 3 is 2.67 bits per heavy atom. The molecule has 0 saturated carbocycles. The molecule has 0 radical (unpaired) electrons. The van der Waals surface area contributed by atoms with Gasteiger partial charge in [-0.25, -0.2) is 0 Å². The molecule has 0 heterocycles. The van der Waals surface area contributed by atoms with Gasteiger partial charge in [-0.05, 0) is 34.0 Å². The quantitative estimate of drug-likeness (QED) is 0.809. The molecule has 2 aromatic rings. The van der Waals surface area contributed by atoms with Gasteiger partial charge in [0.15, 0.2) is 0 Å². The van der Waals surface area contributed by atoms with Crippen LogP contribution in [0.3, 0.4) is 0 Å². The van der Waals surface area contributed by atoms with Crippen LogP contribution in [0.15, 0.2) is 53.5 Å². The standard InChI is InChI=1S/C13H11BrO/c14-8-3-9-15-13-7-6-11-4-1-2-5-12(11)10-13/h1-8,10H,9H2/b8-3+. The van der Waals surface area contributed by atoms with Crippen molar-refractivity contribution in [2.75, 3.05) is 6.61 Å². The molecule has 76 valence electrons. The second kappa shape index (κ2) is 4.99. The fourth-order valence-electron chi connectivity index (χ4n) is 1.44. The van der Waals surface area contributed by atoms with Gasteiger partial charge in [0, 0.05) is 0 Å². The Labute approximate surface area is 97.5 Å². The van der Waals surface area contributed by atoms with Crippen molar-refractivity contribution >= 4 is 26.7 Å². The summed E-state index contributed by atoms with van der Waals surface area (Å²) in [6.07, 6.45) is 1.91. The predicted molar refractivity (Wildman–Crippen MR) is 67.5 cm³/mol. The summed E-state index contributed by atoms with van der Waals surface area (Å²) in [6, 6.07) is 14.4. The maximum Gasteiger partial charge on any atom is 0.120 e. The van der Waals surface area contributed by atoms with Crippen LogP contribution in [0.5, 0.6) is 5.75 Å². The van der Waals surface area contributed by atoms with Crippen molar-refractivity contribution in [2.45, 2.75) is 0 Å². The van der Waals surface area contributed by atoms with Crippen LogP contribution < -0.4 is 4.74 Å². The number of fused-ring (bicyclic) bond motifs is 1. The molecule has 0 saturated heterocycles. The number of halogens is 1. The molecule has 0 fully saturated rings. The molecule has 0 aliphatic carbocycles. The van der Waals surface area contributed by atoms with Gasteiger partial charge in [-0.1, -0.05) is 46.3 Å². The van der Waals surface area contributed by atoms with Gasteiger partial charge in [0.05, 0.1) is 0 Å². The SMILES string of the molecule is Br/C=C/COc1ccc2ccccc2c1. The van der Waals surface area contributed by atoms with Crippen LogP contribution in [0.2, 0.25) is 0 Å². The van der Waals surface area contributed by atoms with Crippen LogP contribution in [0.25, 0.3) is 10.8 Å². The Balaban J connectivity index is 2.23. The molecule has 2 heteroatoms. The maximum absolute atomic E-state index is 5.54. The summed E-state index contributed by atoms with van der Waals surface area (Å²) in [5.41, 5.74) is 0. The lowest BCUT2D eigenvalue weighted by atomic mass is 10.1. The lowest BCUT2D eigenvalue weighted by Gasteiger charge is -2.04. The van der Waals surface area contributed by atoms with Crippen LogP contribution in [-0.2, 0) is 0 Å². The van der Waals surface area contributed by atoms with Crippen molar-refractivity contribution in [2.24, 2.45) is 0 Å². The second-order valence-corrected chi connectivity index (χ2v) is 3.71. The Morgan fingerprint density at radius 2 is 1.87 bits per heavy atom. The predicted octanol–water partition coefficient (Wildman–Crippen LogP) is 4.13. The summed E-state index contributed by atoms with van der Waals surface area (Å²) in [5, 5.41) is 2.44. The lowest BCUT2D eigenvalue weighted by Crippen LogP contribution is -1.92. The first kappa shape index (κ1) is 10.2. The minimum absolute atomic E-state index is 0.587. The summed E-state index contributed by atoms with van der Waals surface area (Å²) in [4.78, 5) is 1.80. The van der Waals surface area contributed by atoms with Gasteiger partial charge in [-0.2, -0.15) is 0 Å². The molecule has 0 N–H and O–H groups in total. The average molecular weight is 263 g/mol. The third-order valence-electron chi connectivity index (χ3n) is 2.16. The molecular weight excluding hydrogens is 252 g/mol. The third kappa shape index (κ3) is 2.60. The van der Waals surface area contributed by atoms with Gasteiger partial charge in [-0.3, -0.25) is 0 Å². The molecule has 0 aliphatic rings. The van der Waals surface area contributed by atoms with Crippen molar-refractivity contribution < 1.29 is 4.74 Å². The van der Waals surface area contributed by atoms with E-state index in [0.29, 0.717) is 6.61 Å². The van der Waals surface area contributed by atoms with E-state index in [2.05, 4.69) is 40.2 Å². The summed E-state index contributed by atoms with van der Waals surface area (Å²) in [5.74, 6) is 0.902. The van der Waals surface area contributed by atoms with Crippen LogP contribution in [-0.4, -0.2) is 6.61 Å². The van der Waals surface area contributed by atoms with Crippen LogP contribution >= 0.6 is 15.9 Å². The average Bonchev–Trinajstić information content (AvgIpc) is 2.29. The number of benzene rings is 2. The van der Waals surface area contributed by atoms with Gasteiger partial charge in [0.1, 0.15) is 12.4 Å². The Hall–Kier alpha value is -1.28. The minimum atomic E-state index is 0.587. The summed E-state index contributed by atoms with van der Waals surface area (Å²) in [6.45, 7) is 0.587. The van der Waals surface area contributed by atoms with Gasteiger partial charge in [0.25, 0.3) is 0 Å². The molecule has 2 aromatic carbocycles. The summed E-state index contributed by atoms with van der Waals surface area (Å²) < 4.78 is 5.54. The van der Waals surface area contributed by atoms with E-state index in [1.807, 2.05) is 24.3 Å². The van der Waals surface area contributed by atoms with E-state index < -0.39 is 0 Å². The molecule has 0 atom stereocenters. The van der Waals surface area contributed by atoms with Crippen molar-refractivity contribution in [3.05, 3.63) is 53.5 Å². The number of hydrogen-bond donors (Lipinski definition) is 0. The van der Waals surface area contributed by atoms with Gasteiger partial charge in [-0.15, -0.1) is 0 Å². The highest BCUT2D eigenvalue weighted by atomic mass is 79.9. The molecule has 0 spiro atoms. The molecule has 2 rings (SSSR count). The Morgan fingerprint density at radius 1 is 1.07 bits per heavy atom. The highest BCUT2D eigenvalue weighted by Gasteiger charge is 1.95. The first-order chi connectivity index (χ1) is 7.40. The molecule has 0 bridgehead atoms. The second-order valence-electron chi connectivity index (χ2n) is 3.18. The largest absolute Gasteiger partial charge is 0.489 e. The smallest absolute Gasteiger partial charge is 0.120 e. The molecular formula is C13H11BrO. The van der Waals surface area contributed by atoms with E-state index in [-0.39, 0.29) is 0 Å². The van der Waals surface area contributed by atoms with Gasteiger partial charge in [0.2, 0.25) is 0 Å². The van der Waals surface area contributed by atoms with E-state index in [9.17, 15) is 0 Å². The van der Waals surface area contributed by atoms with Crippen LogP contribution in [0, 0.1) is 0 Å². The highest BCUT2D eigenvalue weighted by Crippen LogP contribution is 2.20. The molecule has 0 unspecified atom stereocenters. The Bertz CT molecular complexity index is 477. The zero-order valence-electron chi connectivity index (χ0n) is 8.19. The first-order valence-electron chi connectivity index (χ1n) is 4.77. The Kier molecular flexibility index (Phi) is 3.41. The van der Waals surface area contributed by atoms with Gasteiger partial charge >= 0.3 is 0 Å². The van der Waals surface area contributed by atoms with Gasteiger partial charge < -0.3 is 4.74 Å². The fourth-order valence-corrected chi connectivity index (χ4v) is 1.59. The molecule has 0 amide bonds. The number of ether oxygens (including phenoxy) is 1. The fraction of sp³-hybridized carbons (Fsp3) is 0.0769. The molecule has 15 heavy (non-hydrogen) atoms. The number of hydrogen-bond acceptors (Lipinski definition) is 1. The topological polar surface area (TPSA) is 9.23 Å². The minimum Gasteiger partial charge on any atom is -0.489 e. The normalized spacial score (nSPS) is 11.0. The zero-order valence-corrected chi connectivity index (χ0v) is 9.78. The molecule has 0 aliphatic heterocycles. The summed E-state index contributed by atoms with van der Waals surface area (Å²) >= 11 is 3.20. The van der Waals surface area contributed by atoms with E-state index in [4.69, 9.17) is 4.74 Å². The zero-order chi connectivity index (χ0) is 10.5. The first-order valence-corrected chi connectivity index (χ1v) is 5.68. The molecule has 1 nitrogen and oxygen atoms in total. The highest BCUT2D eigenvalue weighted by molar-refractivity contribution is 9.11. The van der Waals surface area contributed by atoms with Crippen LogP contribution in [0.1, 0.15) is 0 Å². The lowest BCUT2D eigenvalue weighted by molar-refractivity contribution is 0.363. The van der Waals surface area contributed by atoms with E-state index in [1.165, 1.54) is 10.8 Å². The van der Waals surface area contributed by atoms with E-state index in [0.717, 1.165) is 5.75 Å². The van der Waals surface area contributed by atoms with Crippen molar-refractivity contribution in [3.63, 3.8) is 0 Å².